The number of hydrogen-bond donors (Lipinski definition) is 2. The number of hydrogen-bond acceptors (Lipinski definition) is 9. The Labute approximate surface area is 208 Å². The first kappa shape index (κ1) is 22.6. The number of carbonyl (C=O) groups is 1. The van der Waals surface area contributed by atoms with E-state index in [2.05, 4.69) is 25.4 Å². The number of amides is 1. The number of anilines is 3. The maximum absolute atomic E-state index is 13.1. The largest absolute Gasteiger partial charge is 0.379 e. The fourth-order valence-electron chi connectivity index (χ4n) is 5.67. The van der Waals surface area contributed by atoms with Crippen molar-refractivity contribution in [1.82, 2.24) is 24.8 Å². The molecule has 0 saturated carbocycles. The third kappa shape index (κ3) is 4.82. The summed E-state index contributed by atoms with van der Waals surface area (Å²) in [5.74, 6) is 1.65. The second kappa shape index (κ2) is 9.67. The van der Waals surface area contributed by atoms with Gasteiger partial charge in [-0.25, -0.2) is 9.97 Å². The van der Waals surface area contributed by atoms with Gasteiger partial charge in [0.2, 0.25) is 11.9 Å². The number of ether oxygens (including phenoxy) is 1. The SMILES string of the molecule is Cc1cnc(Nc2nc(NC3CC4CC[C@@H](C3)N4C(=O)CN3CCOCC3)nc3ccccc23)s1. The van der Waals surface area contributed by atoms with Crippen molar-refractivity contribution in [3.63, 3.8) is 0 Å². The molecule has 0 radical (unpaired) electrons. The van der Waals surface area contributed by atoms with E-state index in [1.165, 1.54) is 0 Å². The van der Waals surface area contributed by atoms with Crippen LogP contribution in [0.1, 0.15) is 30.6 Å². The monoisotopic (exact) mass is 493 g/mol. The molecule has 9 nitrogen and oxygen atoms in total. The van der Waals surface area contributed by atoms with Gasteiger partial charge in [-0.05, 0) is 44.7 Å². The summed E-state index contributed by atoms with van der Waals surface area (Å²) >= 11 is 1.61. The van der Waals surface area contributed by atoms with Crippen LogP contribution < -0.4 is 10.6 Å². The number of aryl methyl sites for hydroxylation is 1. The summed E-state index contributed by atoms with van der Waals surface area (Å²) in [6.07, 6.45) is 5.87. The molecule has 2 bridgehead atoms. The highest BCUT2D eigenvalue weighted by Gasteiger charge is 2.43. The lowest BCUT2D eigenvalue weighted by molar-refractivity contribution is -0.137. The van der Waals surface area contributed by atoms with Gasteiger partial charge in [-0.2, -0.15) is 4.98 Å². The first-order valence-corrected chi connectivity index (χ1v) is 13.3. The zero-order valence-corrected chi connectivity index (χ0v) is 20.8. The number of benzene rings is 1. The zero-order chi connectivity index (χ0) is 23.8. The van der Waals surface area contributed by atoms with E-state index in [1.807, 2.05) is 37.4 Å². The molecule has 3 aromatic rings. The molecule has 3 saturated heterocycles. The van der Waals surface area contributed by atoms with Crippen molar-refractivity contribution >= 4 is 45.0 Å². The van der Waals surface area contributed by atoms with E-state index < -0.39 is 0 Å². The van der Waals surface area contributed by atoms with Crippen molar-refractivity contribution in [1.29, 1.82) is 0 Å². The number of rotatable bonds is 6. The lowest BCUT2D eigenvalue weighted by Crippen LogP contribution is -2.53. The Bertz CT molecular complexity index is 1200. The van der Waals surface area contributed by atoms with Crippen LogP contribution in [0.3, 0.4) is 0 Å². The standard InChI is InChI=1S/C25H31N7O2S/c1-16-14-26-25(35-16)30-23-20-4-2-3-5-21(20)28-24(29-23)27-17-12-18-6-7-19(13-17)32(18)22(33)15-31-8-10-34-11-9-31/h2-5,14,17-19H,6-13,15H2,1H3,(H2,26,27,28,29,30)/t17?,18-,19?/m0/s1. The second-order valence-corrected chi connectivity index (χ2v) is 10.9. The van der Waals surface area contributed by atoms with E-state index in [-0.39, 0.29) is 24.0 Å². The Morgan fingerprint density at radius 2 is 1.91 bits per heavy atom. The van der Waals surface area contributed by atoms with Crippen LogP contribution in [0.5, 0.6) is 0 Å². The fourth-order valence-corrected chi connectivity index (χ4v) is 6.33. The first-order valence-electron chi connectivity index (χ1n) is 12.5. The van der Waals surface area contributed by atoms with Gasteiger partial charge >= 0.3 is 0 Å². The van der Waals surface area contributed by atoms with Crippen molar-refractivity contribution in [2.45, 2.75) is 50.7 Å². The Balaban J connectivity index is 1.16. The van der Waals surface area contributed by atoms with Gasteiger partial charge in [0.05, 0.1) is 25.3 Å². The molecular formula is C25H31N7O2S. The van der Waals surface area contributed by atoms with E-state index in [9.17, 15) is 4.79 Å². The van der Waals surface area contributed by atoms with E-state index >= 15 is 0 Å². The van der Waals surface area contributed by atoms with Gasteiger partial charge < -0.3 is 20.3 Å². The Morgan fingerprint density at radius 1 is 1.14 bits per heavy atom. The smallest absolute Gasteiger partial charge is 0.237 e. The molecule has 6 rings (SSSR count). The Morgan fingerprint density at radius 3 is 2.66 bits per heavy atom. The van der Waals surface area contributed by atoms with E-state index in [0.717, 1.165) is 78.7 Å². The molecule has 5 heterocycles. The molecule has 184 valence electrons. The predicted molar refractivity (Wildman–Crippen MR) is 137 cm³/mol. The predicted octanol–water partition coefficient (Wildman–Crippen LogP) is 3.40. The quantitative estimate of drug-likeness (QED) is 0.540. The maximum atomic E-state index is 13.1. The highest BCUT2D eigenvalue weighted by molar-refractivity contribution is 7.15. The number of nitrogens with zero attached hydrogens (tertiary/aromatic N) is 5. The minimum atomic E-state index is 0.246. The van der Waals surface area contributed by atoms with Crippen molar-refractivity contribution in [2.24, 2.45) is 0 Å². The lowest BCUT2D eigenvalue weighted by Gasteiger charge is -2.40. The minimum absolute atomic E-state index is 0.246. The number of aromatic nitrogens is 3. The molecule has 0 aliphatic carbocycles. The Hall–Kier alpha value is -2.82. The highest BCUT2D eigenvalue weighted by Crippen LogP contribution is 2.37. The molecular weight excluding hydrogens is 462 g/mol. The van der Waals surface area contributed by atoms with Gasteiger partial charge in [-0.15, -0.1) is 11.3 Å². The number of morpholine rings is 1. The van der Waals surface area contributed by atoms with Crippen LogP contribution >= 0.6 is 11.3 Å². The first-order chi connectivity index (χ1) is 17.1. The second-order valence-electron chi connectivity index (χ2n) is 9.70. The average Bonchev–Trinajstić information content (AvgIpc) is 3.39. The van der Waals surface area contributed by atoms with E-state index in [0.29, 0.717) is 12.5 Å². The minimum Gasteiger partial charge on any atom is -0.379 e. The molecule has 2 N–H and O–H groups in total. The number of piperidine rings is 1. The molecule has 3 aliphatic heterocycles. The number of nitrogens with one attached hydrogen (secondary N) is 2. The molecule has 1 amide bonds. The van der Waals surface area contributed by atoms with Crippen molar-refractivity contribution < 1.29 is 9.53 Å². The fraction of sp³-hybridized carbons (Fsp3) is 0.520. The number of para-hydroxylation sites is 1. The molecule has 3 atom stereocenters. The molecule has 3 fully saturated rings. The third-order valence-electron chi connectivity index (χ3n) is 7.27. The number of thiazole rings is 1. The van der Waals surface area contributed by atoms with Crippen LogP contribution in [0, 0.1) is 6.92 Å². The zero-order valence-electron chi connectivity index (χ0n) is 19.9. The highest BCUT2D eigenvalue weighted by atomic mass is 32.1. The third-order valence-corrected chi connectivity index (χ3v) is 8.09. The van der Waals surface area contributed by atoms with Gasteiger partial charge in [0, 0.05) is 47.7 Å². The summed E-state index contributed by atoms with van der Waals surface area (Å²) in [5, 5.41) is 8.78. The van der Waals surface area contributed by atoms with Gasteiger partial charge in [0.25, 0.3) is 0 Å². The summed E-state index contributed by atoms with van der Waals surface area (Å²) in [4.78, 5) is 32.8. The maximum Gasteiger partial charge on any atom is 0.237 e. The van der Waals surface area contributed by atoms with Crippen molar-refractivity contribution in [3.05, 3.63) is 35.3 Å². The Kier molecular flexibility index (Phi) is 6.26. The van der Waals surface area contributed by atoms with Gasteiger partial charge in [0.15, 0.2) is 5.13 Å². The summed E-state index contributed by atoms with van der Waals surface area (Å²) < 4.78 is 5.43. The van der Waals surface area contributed by atoms with Crippen molar-refractivity contribution in [2.75, 3.05) is 43.5 Å². The molecule has 35 heavy (non-hydrogen) atoms. The molecule has 3 aliphatic rings. The van der Waals surface area contributed by atoms with Crippen LogP contribution in [0.25, 0.3) is 10.9 Å². The normalized spacial score (nSPS) is 24.6. The van der Waals surface area contributed by atoms with Crippen LogP contribution in [0.15, 0.2) is 30.5 Å². The van der Waals surface area contributed by atoms with Crippen LogP contribution in [-0.4, -0.2) is 81.6 Å². The molecule has 10 heteroatoms. The van der Waals surface area contributed by atoms with E-state index in [4.69, 9.17) is 14.7 Å². The van der Waals surface area contributed by atoms with E-state index in [1.54, 1.807) is 11.3 Å². The molecule has 2 unspecified atom stereocenters. The number of carbonyl (C=O) groups excluding carboxylic acids is 1. The lowest BCUT2D eigenvalue weighted by atomic mass is 9.97. The summed E-state index contributed by atoms with van der Waals surface area (Å²) in [6.45, 7) is 5.67. The topological polar surface area (TPSA) is 95.5 Å². The molecule has 1 aromatic carbocycles. The van der Waals surface area contributed by atoms with Gasteiger partial charge in [0.1, 0.15) is 5.82 Å². The summed E-state index contributed by atoms with van der Waals surface area (Å²) in [5.41, 5.74) is 0.891. The van der Waals surface area contributed by atoms with Gasteiger partial charge in [-0.3, -0.25) is 9.69 Å². The van der Waals surface area contributed by atoms with Gasteiger partial charge in [-0.1, -0.05) is 12.1 Å². The van der Waals surface area contributed by atoms with Crippen LogP contribution in [0.4, 0.5) is 16.9 Å². The van der Waals surface area contributed by atoms with Crippen LogP contribution in [-0.2, 0) is 9.53 Å². The molecule has 0 spiro atoms. The van der Waals surface area contributed by atoms with Crippen molar-refractivity contribution in [3.8, 4) is 0 Å². The van der Waals surface area contributed by atoms with Crippen LogP contribution in [0.2, 0.25) is 0 Å². The number of fused-ring (bicyclic) bond motifs is 3. The average molecular weight is 494 g/mol. The summed E-state index contributed by atoms with van der Waals surface area (Å²) in [7, 11) is 0. The molecule has 2 aromatic heterocycles. The summed E-state index contributed by atoms with van der Waals surface area (Å²) in [6, 6.07) is 8.86.